The highest BCUT2D eigenvalue weighted by atomic mass is 16.5. The van der Waals surface area contributed by atoms with E-state index in [9.17, 15) is 0 Å². The summed E-state index contributed by atoms with van der Waals surface area (Å²) in [4.78, 5) is 0. The first-order valence-corrected chi connectivity index (χ1v) is 6.58. The van der Waals surface area contributed by atoms with E-state index in [0.717, 1.165) is 23.4 Å². The summed E-state index contributed by atoms with van der Waals surface area (Å²) in [5.74, 6) is 1.46. The first kappa shape index (κ1) is 13.6. The van der Waals surface area contributed by atoms with Crippen molar-refractivity contribution in [3.63, 3.8) is 0 Å². The molecule has 1 heterocycles. The molecule has 1 aromatic carbocycles. The second-order valence-electron chi connectivity index (χ2n) is 4.96. The number of hydrogen-bond donors (Lipinski definition) is 2. The summed E-state index contributed by atoms with van der Waals surface area (Å²) in [6, 6.07) is 9.67. The molecule has 2 aromatic rings. The standard InChI is InChI=1S/C15H20N2O2/c1-11(2)7-8-19-15-6-4-3-5-13(15)14-9-12(10-18)16-17-14/h3-6,9,11,18H,7-8,10H2,1-2H3,(H,16,17). The van der Waals surface area contributed by atoms with Gasteiger partial charge in [-0.15, -0.1) is 0 Å². The summed E-state index contributed by atoms with van der Waals surface area (Å²) in [5, 5.41) is 16.1. The molecule has 0 spiro atoms. The van der Waals surface area contributed by atoms with Crippen molar-refractivity contribution in [2.24, 2.45) is 5.92 Å². The van der Waals surface area contributed by atoms with Crippen LogP contribution in [0.2, 0.25) is 0 Å². The highest BCUT2D eigenvalue weighted by molar-refractivity contribution is 5.67. The van der Waals surface area contributed by atoms with Gasteiger partial charge in [-0.3, -0.25) is 5.10 Å². The lowest BCUT2D eigenvalue weighted by molar-refractivity contribution is 0.276. The number of hydrogen-bond acceptors (Lipinski definition) is 3. The maximum absolute atomic E-state index is 9.07. The van der Waals surface area contributed by atoms with Crippen molar-refractivity contribution in [1.29, 1.82) is 0 Å². The second-order valence-corrected chi connectivity index (χ2v) is 4.96. The third kappa shape index (κ3) is 3.58. The zero-order valence-electron chi connectivity index (χ0n) is 11.4. The van der Waals surface area contributed by atoms with Gasteiger partial charge < -0.3 is 9.84 Å². The quantitative estimate of drug-likeness (QED) is 0.839. The van der Waals surface area contributed by atoms with Gasteiger partial charge in [-0.1, -0.05) is 26.0 Å². The maximum atomic E-state index is 9.07. The lowest BCUT2D eigenvalue weighted by Crippen LogP contribution is -2.02. The van der Waals surface area contributed by atoms with Crippen molar-refractivity contribution in [2.75, 3.05) is 6.61 Å². The van der Waals surface area contributed by atoms with Crippen molar-refractivity contribution in [2.45, 2.75) is 26.9 Å². The molecule has 2 N–H and O–H groups in total. The van der Waals surface area contributed by atoms with Crippen LogP contribution in [0.3, 0.4) is 0 Å². The molecule has 19 heavy (non-hydrogen) atoms. The zero-order chi connectivity index (χ0) is 13.7. The Hall–Kier alpha value is -1.81. The third-order valence-corrected chi connectivity index (χ3v) is 2.92. The van der Waals surface area contributed by atoms with Crippen molar-refractivity contribution in [3.05, 3.63) is 36.0 Å². The normalized spacial score (nSPS) is 10.9. The van der Waals surface area contributed by atoms with E-state index < -0.39 is 0 Å². The lowest BCUT2D eigenvalue weighted by Gasteiger charge is -2.11. The Morgan fingerprint density at radius 2 is 2.11 bits per heavy atom. The van der Waals surface area contributed by atoms with Gasteiger partial charge in [0.05, 0.1) is 24.6 Å². The van der Waals surface area contributed by atoms with Crippen molar-refractivity contribution < 1.29 is 9.84 Å². The number of rotatable bonds is 6. The Morgan fingerprint density at radius 1 is 1.32 bits per heavy atom. The molecule has 0 unspecified atom stereocenters. The minimum atomic E-state index is -0.0383. The first-order chi connectivity index (χ1) is 9.20. The largest absolute Gasteiger partial charge is 0.493 e. The number of aliphatic hydroxyl groups excluding tert-OH is 1. The van der Waals surface area contributed by atoms with Crippen LogP contribution in [0.1, 0.15) is 26.0 Å². The van der Waals surface area contributed by atoms with Crippen LogP contribution in [0.15, 0.2) is 30.3 Å². The van der Waals surface area contributed by atoms with Crippen LogP contribution in [0, 0.1) is 5.92 Å². The molecule has 0 amide bonds. The second kappa shape index (κ2) is 6.38. The molecular formula is C15H20N2O2. The van der Waals surface area contributed by atoms with Gasteiger partial charge in [-0.05, 0) is 30.5 Å². The number of benzene rings is 1. The molecule has 0 aliphatic rings. The van der Waals surface area contributed by atoms with Gasteiger partial charge in [0.2, 0.25) is 0 Å². The lowest BCUT2D eigenvalue weighted by atomic mass is 10.1. The maximum Gasteiger partial charge on any atom is 0.128 e. The Bertz CT molecular complexity index is 520. The molecule has 0 aliphatic heterocycles. The SMILES string of the molecule is CC(C)CCOc1ccccc1-c1cc(CO)[nH]n1. The van der Waals surface area contributed by atoms with Gasteiger partial charge in [0.15, 0.2) is 0 Å². The number of aromatic nitrogens is 2. The summed E-state index contributed by atoms with van der Waals surface area (Å²) >= 11 is 0. The van der Waals surface area contributed by atoms with Crippen LogP contribution in [0.5, 0.6) is 5.75 Å². The number of aromatic amines is 1. The summed E-state index contributed by atoms with van der Waals surface area (Å²) in [6.07, 6.45) is 1.02. The Kier molecular flexibility index (Phi) is 4.58. The average Bonchev–Trinajstić information content (AvgIpc) is 2.87. The Balaban J connectivity index is 2.15. The molecule has 4 nitrogen and oxygen atoms in total. The minimum Gasteiger partial charge on any atom is -0.493 e. The highest BCUT2D eigenvalue weighted by Gasteiger charge is 2.09. The first-order valence-electron chi connectivity index (χ1n) is 6.58. The van der Waals surface area contributed by atoms with Crippen LogP contribution in [-0.4, -0.2) is 21.9 Å². The van der Waals surface area contributed by atoms with E-state index >= 15 is 0 Å². The van der Waals surface area contributed by atoms with E-state index in [4.69, 9.17) is 9.84 Å². The summed E-state index contributed by atoms with van der Waals surface area (Å²) in [6.45, 7) is 5.02. The fourth-order valence-electron chi connectivity index (χ4n) is 1.79. The molecular weight excluding hydrogens is 240 g/mol. The molecule has 0 saturated heterocycles. The van der Waals surface area contributed by atoms with Gasteiger partial charge in [0.25, 0.3) is 0 Å². The van der Waals surface area contributed by atoms with E-state index in [0.29, 0.717) is 18.2 Å². The van der Waals surface area contributed by atoms with Crippen LogP contribution in [0.4, 0.5) is 0 Å². The van der Waals surface area contributed by atoms with E-state index in [1.807, 2.05) is 30.3 Å². The minimum absolute atomic E-state index is 0.0383. The van der Waals surface area contributed by atoms with Gasteiger partial charge >= 0.3 is 0 Å². The predicted octanol–water partition coefficient (Wildman–Crippen LogP) is 2.99. The van der Waals surface area contributed by atoms with Gasteiger partial charge in [-0.25, -0.2) is 0 Å². The molecule has 1 aromatic heterocycles. The fourth-order valence-corrected chi connectivity index (χ4v) is 1.79. The van der Waals surface area contributed by atoms with Crippen molar-refractivity contribution >= 4 is 0 Å². The van der Waals surface area contributed by atoms with Crippen LogP contribution >= 0.6 is 0 Å². The molecule has 2 rings (SSSR count). The summed E-state index contributed by atoms with van der Waals surface area (Å²) in [5.41, 5.74) is 2.44. The Labute approximate surface area is 113 Å². The molecule has 0 bridgehead atoms. The molecule has 4 heteroatoms. The number of H-pyrrole nitrogens is 1. The number of nitrogens with one attached hydrogen (secondary N) is 1. The number of para-hydroxylation sites is 1. The van der Waals surface area contributed by atoms with E-state index in [-0.39, 0.29) is 6.61 Å². The molecule has 0 fully saturated rings. The van der Waals surface area contributed by atoms with Crippen LogP contribution < -0.4 is 4.74 Å². The average molecular weight is 260 g/mol. The smallest absolute Gasteiger partial charge is 0.128 e. The monoisotopic (exact) mass is 260 g/mol. The fraction of sp³-hybridized carbons (Fsp3) is 0.400. The van der Waals surface area contributed by atoms with Gasteiger partial charge in [-0.2, -0.15) is 5.10 Å². The van der Waals surface area contributed by atoms with Crippen molar-refractivity contribution in [3.8, 4) is 17.0 Å². The van der Waals surface area contributed by atoms with Gasteiger partial charge in [0, 0.05) is 5.56 Å². The summed E-state index contributed by atoms with van der Waals surface area (Å²) in [7, 11) is 0. The van der Waals surface area contributed by atoms with E-state index in [1.54, 1.807) is 0 Å². The number of aliphatic hydroxyl groups is 1. The van der Waals surface area contributed by atoms with E-state index in [1.165, 1.54) is 0 Å². The molecule has 0 aliphatic carbocycles. The Morgan fingerprint density at radius 3 is 2.79 bits per heavy atom. The van der Waals surface area contributed by atoms with Crippen LogP contribution in [-0.2, 0) is 6.61 Å². The van der Waals surface area contributed by atoms with Crippen LogP contribution in [0.25, 0.3) is 11.3 Å². The number of nitrogens with zero attached hydrogens (tertiary/aromatic N) is 1. The number of ether oxygens (including phenoxy) is 1. The molecule has 0 atom stereocenters. The third-order valence-electron chi connectivity index (χ3n) is 2.92. The summed E-state index contributed by atoms with van der Waals surface area (Å²) < 4.78 is 5.83. The predicted molar refractivity (Wildman–Crippen MR) is 74.9 cm³/mol. The molecule has 0 radical (unpaired) electrons. The molecule has 0 saturated carbocycles. The topological polar surface area (TPSA) is 58.1 Å². The van der Waals surface area contributed by atoms with Gasteiger partial charge in [0.1, 0.15) is 5.75 Å². The van der Waals surface area contributed by atoms with Crippen molar-refractivity contribution in [1.82, 2.24) is 10.2 Å². The zero-order valence-corrected chi connectivity index (χ0v) is 11.4. The molecule has 102 valence electrons. The highest BCUT2D eigenvalue weighted by Crippen LogP contribution is 2.29. The van der Waals surface area contributed by atoms with E-state index in [2.05, 4.69) is 24.0 Å².